The first-order valence-corrected chi connectivity index (χ1v) is 9.07. The monoisotopic (exact) mass is 351 g/mol. The molecule has 1 unspecified atom stereocenters. The average Bonchev–Trinajstić information content (AvgIpc) is 2.68. The van der Waals surface area contributed by atoms with Crippen LogP contribution in [0, 0.1) is 0 Å². The van der Waals surface area contributed by atoms with Gasteiger partial charge in [-0.1, -0.05) is 18.2 Å². The van der Waals surface area contributed by atoms with Gasteiger partial charge in [0.05, 0.1) is 12.8 Å². The minimum Gasteiger partial charge on any atom is -0.497 e. The van der Waals surface area contributed by atoms with Crippen molar-refractivity contribution in [3.05, 3.63) is 48.5 Å². The standard InChI is InChI=1S/C20H25N5O/c1-20(21-19-14-17(26-2)8-9-18(19)22-23-20)15-24-10-12-25(13-11-24)16-6-4-3-5-7-16/h3-9,14,21H,10-13,15H2,1-2H3. The molecule has 2 heterocycles. The summed E-state index contributed by atoms with van der Waals surface area (Å²) in [7, 11) is 1.68. The third-order valence-electron chi connectivity index (χ3n) is 5.01. The lowest BCUT2D eigenvalue weighted by molar-refractivity contribution is 0.214. The van der Waals surface area contributed by atoms with Crippen molar-refractivity contribution in [3.8, 4) is 5.75 Å². The van der Waals surface area contributed by atoms with Crippen LogP contribution in [-0.4, -0.2) is 50.4 Å². The molecule has 1 fully saturated rings. The Labute approximate surface area is 154 Å². The molecule has 26 heavy (non-hydrogen) atoms. The van der Waals surface area contributed by atoms with Gasteiger partial charge in [-0.3, -0.25) is 4.90 Å². The Morgan fingerprint density at radius 2 is 1.85 bits per heavy atom. The molecule has 2 aliphatic heterocycles. The second kappa shape index (κ2) is 6.96. The van der Waals surface area contributed by atoms with Gasteiger partial charge in [-0.05, 0) is 31.2 Å². The number of rotatable bonds is 4. The number of ether oxygens (including phenoxy) is 1. The number of benzene rings is 2. The van der Waals surface area contributed by atoms with E-state index < -0.39 is 5.66 Å². The summed E-state index contributed by atoms with van der Waals surface area (Å²) in [4.78, 5) is 4.89. The van der Waals surface area contributed by atoms with Crippen LogP contribution in [0.15, 0.2) is 58.8 Å². The molecule has 0 bridgehead atoms. The van der Waals surface area contributed by atoms with E-state index in [-0.39, 0.29) is 0 Å². The second-order valence-corrected chi connectivity index (χ2v) is 7.08. The van der Waals surface area contributed by atoms with E-state index in [1.165, 1.54) is 5.69 Å². The smallest absolute Gasteiger partial charge is 0.160 e. The largest absolute Gasteiger partial charge is 0.497 e. The summed E-state index contributed by atoms with van der Waals surface area (Å²) < 4.78 is 5.32. The van der Waals surface area contributed by atoms with Crippen LogP contribution in [-0.2, 0) is 0 Å². The molecule has 136 valence electrons. The van der Waals surface area contributed by atoms with Crippen molar-refractivity contribution >= 4 is 17.1 Å². The molecule has 6 nitrogen and oxygen atoms in total. The van der Waals surface area contributed by atoms with Gasteiger partial charge in [0.25, 0.3) is 0 Å². The molecule has 2 aromatic rings. The zero-order valence-electron chi connectivity index (χ0n) is 15.4. The summed E-state index contributed by atoms with van der Waals surface area (Å²) in [5.41, 5.74) is 2.71. The lowest BCUT2D eigenvalue weighted by Gasteiger charge is -2.40. The summed E-state index contributed by atoms with van der Waals surface area (Å²) in [6, 6.07) is 16.4. The Morgan fingerprint density at radius 1 is 1.08 bits per heavy atom. The van der Waals surface area contributed by atoms with Crippen LogP contribution in [0.5, 0.6) is 5.75 Å². The number of hydrogen-bond acceptors (Lipinski definition) is 6. The number of fused-ring (bicyclic) bond motifs is 1. The van der Waals surface area contributed by atoms with E-state index in [2.05, 4.69) is 62.6 Å². The quantitative estimate of drug-likeness (QED) is 0.912. The van der Waals surface area contributed by atoms with Gasteiger partial charge in [0, 0.05) is 44.5 Å². The zero-order valence-corrected chi connectivity index (χ0v) is 15.4. The highest BCUT2D eigenvalue weighted by molar-refractivity contribution is 5.69. The molecule has 6 heteroatoms. The molecule has 2 aliphatic rings. The molecule has 1 saturated heterocycles. The minimum absolute atomic E-state index is 0.422. The number of anilines is 2. The van der Waals surface area contributed by atoms with Gasteiger partial charge in [0.1, 0.15) is 11.4 Å². The van der Waals surface area contributed by atoms with Crippen molar-refractivity contribution in [2.45, 2.75) is 12.6 Å². The Kier molecular flexibility index (Phi) is 4.51. The van der Waals surface area contributed by atoms with Crippen LogP contribution >= 0.6 is 0 Å². The van der Waals surface area contributed by atoms with Crippen LogP contribution in [0.2, 0.25) is 0 Å². The second-order valence-electron chi connectivity index (χ2n) is 7.08. The highest BCUT2D eigenvalue weighted by atomic mass is 16.5. The molecular weight excluding hydrogens is 326 g/mol. The average molecular weight is 351 g/mol. The van der Waals surface area contributed by atoms with Gasteiger partial charge >= 0.3 is 0 Å². The van der Waals surface area contributed by atoms with E-state index in [1.54, 1.807) is 7.11 Å². The number of hydrogen-bond donors (Lipinski definition) is 1. The molecule has 0 aliphatic carbocycles. The fourth-order valence-corrected chi connectivity index (χ4v) is 3.62. The molecule has 1 N–H and O–H groups in total. The lowest BCUT2D eigenvalue weighted by Crippen LogP contribution is -2.53. The van der Waals surface area contributed by atoms with Crippen molar-refractivity contribution in [1.29, 1.82) is 0 Å². The third kappa shape index (κ3) is 3.51. The summed E-state index contributed by atoms with van der Waals surface area (Å²) >= 11 is 0. The molecule has 0 spiro atoms. The summed E-state index contributed by atoms with van der Waals surface area (Å²) in [6.45, 7) is 7.03. The van der Waals surface area contributed by atoms with Gasteiger partial charge < -0.3 is 15.0 Å². The summed E-state index contributed by atoms with van der Waals surface area (Å²) in [6.07, 6.45) is 0. The fourth-order valence-electron chi connectivity index (χ4n) is 3.62. The van der Waals surface area contributed by atoms with Crippen molar-refractivity contribution in [1.82, 2.24) is 4.90 Å². The number of azo groups is 1. The number of nitrogens with one attached hydrogen (secondary N) is 1. The van der Waals surface area contributed by atoms with Crippen LogP contribution in [0.1, 0.15) is 6.92 Å². The Balaban J connectivity index is 1.39. The van der Waals surface area contributed by atoms with Crippen LogP contribution in [0.25, 0.3) is 0 Å². The number of piperazine rings is 1. The molecule has 0 aromatic heterocycles. The van der Waals surface area contributed by atoms with E-state index in [0.717, 1.165) is 49.8 Å². The Morgan fingerprint density at radius 3 is 2.58 bits per heavy atom. The zero-order chi connectivity index (χ0) is 18.0. The Hall–Kier alpha value is -2.60. The number of para-hydroxylation sites is 1. The molecule has 1 atom stereocenters. The fraction of sp³-hybridized carbons (Fsp3) is 0.400. The first-order chi connectivity index (χ1) is 12.6. The van der Waals surface area contributed by atoms with Gasteiger partial charge in [-0.15, -0.1) is 0 Å². The third-order valence-corrected chi connectivity index (χ3v) is 5.01. The van der Waals surface area contributed by atoms with Gasteiger partial charge in [-0.2, -0.15) is 10.2 Å². The summed E-state index contributed by atoms with van der Waals surface area (Å²) in [5, 5.41) is 12.5. The molecule has 0 radical (unpaired) electrons. The first-order valence-electron chi connectivity index (χ1n) is 9.07. The molecule has 0 saturated carbocycles. The van der Waals surface area contributed by atoms with Crippen molar-refractivity contribution in [2.75, 3.05) is 50.1 Å². The maximum absolute atomic E-state index is 5.32. The lowest BCUT2D eigenvalue weighted by atomic mass is 10.1. The normalized spacial score (nSPS) is 22.6. The maximum atomic E-state index is 5.32. The van der Waals surface area contributed by atoms with E-state index >= 15 is 0 Å². The van der Waals surface area contributed by atoms with Gasteiger partial charge in [0.15, 0.2) is 5.66 Å². The van der Waals surface area contributed by atoms with Gasteiger partial charge in [-0.25, -0.2) is 0 Å². The minimum atomic E-state index is -0.422. The number of nitrogens with zero attached hydrogens (tertiary/aromatic N) is 4. The summed E-state index contributed by atoms with van der Waals surface area (Å²) in [5.74, 6) is 0.826. The van der Waals surface area contributed by atoms with E-state index in [1.807, 2.05) is 18.2 Å². The van der Waals surface area contributed by atoms with Crippen molar-refractivity contribution in [2.24, 2.45) is 10.2 Å². The van der Waals surface area contributed by atoms with Crippen molar-refractivity contribution in [3.63, 3.8) is 0 Å². The van der Waals surface area contributed by atoms with Crippen LogP contribution in [0.4, 0.5) is 17.1 Å². The van der Waals surface area contributed by atoms with E-state index in [4.69, 9.17) is 4.74 Å². The molecule has 0 amide bonds. The van der Waals surface area contributed by atoms with E-state index in [9.17, 15) is 0 Å². The topological polar surface area (TPSA) is 52.5 Å². The maximum Gasteiger partial charge on any atom is 0.160 e. The Bertz CT molecular complexity index is 786. The van der Waals surface area contributed by atoms with Crippen LogP contribution in [0.3, 0.4) is 0 Å². The number of methoxy groups -OCH3 is 1. The SMILES string of the molecule is COc1ccc2c(c1)NC(C)(CN1CCN(c3ccccc3)CC1)N=N2. The predicted octanol–water partition coefficient (Wildman–Crippen LogP) is 3.74. The molecule has 4 rings (SSSR count). The first kappa shape index (κ1) is 16.8. The van der Waals surface area contributed by atoms with Crippen LogP contribution < -0.4 is 15.0 Å². The van der Waals surface area contributed by atoms with Gasteiger partial charge in [0.2, 0.25) is 0 Å². The highest BCUT2D eigenvalue weighted by Gasteiger charge is 2.32. The molecule has 2 aromatic carbocycles. The highest BCUT2D eigenvalue weighted by Crippen LogP contribution is 2.36. The predicted molar refractivity (Wildman–Crippen MR) is 105 cm³/mol. The van der Waals surface area contributed by atoms with E-state index in [0.29, 0.717) is 0 Å². The molecular formula is C20H25N5O. The van der Waals surface area contributed by atoms with Crippen molar-refractivity contribution < 1.29 is 4.74 Å².